The number of carbonyl (C=O) groups is 3. The number of hydrogen-bond acceptors (Lipinski definition) is 5. The number of carboxylic acids is 1. The highest BCUT2D eigenvalue weighted by atomic mass is 32.2. The molecule has 10 heteroatoms. The van der Waals surface area contributed by atoms with E-state index < -0.39 is 34.0 Å². The van der Waals surface area contributed by atoms with Crippen LogP contribution in [0.3, 0.4) is 0 Å². The average Bonchev–Trinajstić information content (AvgIpc) is 2.71. The lowest BCUT2D eigenvalue weighted by Crippen LogP contribution is -2.54. The number of piperidine rings is 1. The van der Waals surface area contributed by atoms with Gasteiger partial charge in [0, 0.05) is 13.0 Å². The van der Waals surface area contributed by atoms with E-state index in [0.717, 1.165) is 24.2 Å². The molecule has 2 fully saturated rings. The summed E-state index contributed by atoms with van der Waals surface area (Å²) < 4.78 is 26.5. The first kappa shape index (κ1) is 22.1. The van der Waals surface area contributed by atoms with Crippen LogP contribution in [-0.4, -0.2) is 54.1 Å². The van der Waals surface area contributed by atoms with Crippen molar-refractivity contribution in [3.63, 3.8) is 0 Å². The van der Waals surface area contributed by atoms with E-state index in [-0.39, 0.29) is 42.0 Å². The van der Waals surface area contributed by atoms with E-state index in [1.165, 1.54) is 12.1 Å². The van der Waals surface area contributed by atoms with Crippen LogP contribution in [0.4, 0.5) is 4.79 Å². The second-order valence-electron chi connectivity index (χ2n) is 8.10. The number of hydrogen-bond donors (Lipinski definition) is 3. The molecule has 164 valence electrons. The molecule has 3 N–H and O–H groups in total. The van der Waals surface area contributed by atoms with Crippen LogP contribution in [0.25, 0.3) is 0 Å². The molecule has 1 heterocycles. The Hall–Kier alpha value is -2.62. The second-order valence-corrected chi connectivity index (χ2v) is 9.79. The van der Waals surface area contributed by atoms with Gasteiger partial charge in [0.25, 0.3) is 10.0 Å². The summed E-state index contributed by atoms with van der Waals surface area (Å²) in [5.41, 5.74) is 0. The Labute approximate surface area is 175 Å². The van der Waals surface area contributed by atoms with Crippen molar-refractivity contribution in [3.8, 4) is 0 Å². The highest BCUT2D eigenvalue weighted by molar-refractivity contribution is 7.90. The Kier molecular flexibility index (Phi) is 6.64. The van der Waals surface area contributed by atoms with Gasteiger partial charge in [-0.15, -0.1) is 0 Å². The Bertz CT molecular complexity index is 903. The van der Waals surface area contributed by atoms with E-state index in [9.17, 15) is 33.0 Å². The molecule has 9 nitrogen and oxygen atoms in total. The largest absolute Gasteiger partial charge is 0.480 e. The fraction of sp³-hybridized carbons (Fsp3) is 0.550. The van der Waals surface area contributed by atoms with E-state index in [1.54, 1.807) is 18.2 Å². The van der Waals surface area contributed by atoms with E-state index in [0.29, 0.717) is 6.42 Å². The van der Waals surface area contributed by atoms with Gasteiger partial charge in [-0.05, 0) is 55.6 Å². The highest BCUT2D eigenvalue weighted by Gasteiger charge is 2.43. The van der Waals surface area contributed by atoms with Crippen LogP contribution in [-0.2, 0) is 19.6 Å². The van der Waals surface area contributed by atoms with Gasteiger partial charge in [0.05, 0.1) is 4.90 Å². The summed E-state index contributed by atoms with van der Waals surface area (Å²) in [5.74, 6) is -1.30. The van der Waals surface area contributed by atoms with Crippen LogP contribution in [0.5, 0.6) is 0 Å². The predicted molar refractivity (Wildman–Crippen MR) is 106 cm³/mol. The number of nitrogens with one attached hydrogen (secondary N) is 1. The number of aliphatic carboxylic acids is 1. The molecule has 0 radical (unpaired) electrons. The van der Waals surface area contributed by atoms with Gasteiger partial charge in [-0.2, -0.15) is 0 Å². The standard InChI is InChI=1S/C20H26N2O7S/c23-18(21-30(28,29)16-4-2-1-3-5-16)9-7-13-6-8-14-12-22(20(26)27)17(19(24)25)11-15(14)10-13/h1-5,13-15,17H,6-12H2,(H,21,23)(H,24,25)(H,26,27)/t13-,14+,15-,17+/m1/s1. The fourth-order valence-corrected chi connectivity index (χ4v) is 5.68. The molecule has 2 aliphatic rings. The van der Waals surface area contributed by atoms with Crippen LogP contribution >= 0.6 is 0 Å². The molecule has 0 spiro atoms. The quantitative estimate of drug-likeness (QED) is 0.618. The lowest BCUT2D eigenvalue weighted by atomic mass is 9.68. The molecular formula is C20H26N2O7S. The molecule has 3 rings (SSSR count). The zero-order valence-electron chi connectivity index (χ0n) is 16.4. The van der Waals surface area contributed by atoms with Gasteiger partial charge in [-0.3, -0.25) is 9.69 Å². The summed E-state index contributed by atoms with van der Waals surface area (Å²) in [6.45, 7) is 0.222. The zero-order chi connectivity index (χ0) is 21.9. The van der Waals surface area contributed by atoms with Crippen LogP contribution in [0, 0.1) is 17.8 Å². The smallest absolute Gasteiger partial charge is 0.408 e. The van der Waals surface area contributed by atoms with Crippen molar-refractivity contribution in [2.75, 3.05) is 6.54 Å². The summed E-state index contributed by atoms with van der Waals surface area (Å²) in [6, 6.07) is 6.64. The maximum Gasteiger partial charge on any atom is 0.408 e. The first-order valence-electron chi connectivity index (χ1n) is 10.0. The average molecular weight is 439 g/mol. The molecular weight excluding hydrogens is 412 g/mol. The van der Waals surface area contributed by atoms with Crippen molar-refractivity contribution < 1.29 is 33.0 Å². The molecule has 1 saturated heterocycles. The Balaban J connectivity index is 1.53. The molecule has 4 atom stereocenters. The lowest BCUT2D eigenvalue weighted by Gasteiger charge is -2.45. The minimum absolute atomic E-state index is 0.0313. The Morgan fingerprint density at radius 3 is 2.37 bits per heavy atom. The number of carboxylic acid groups (broad SMARTS) is 2. The summed E-state index contributed by atoms with van der Waals surface area (Å²) in [6.07, 6.45) is 1.95. The molecule has 2 amide bonds. The number of fused-ring (bicyclic) bond motifs is 1. The zero-order valence-corrected chi connectivity index (χ0v) is 17.3. The minimum atomic E-state index is -3.89. The Morgan fingerprint density at radius 1 is 1.03 bits per heavy atom. The van der Waals surface area contributed by atoms with E-state index in [2.05, 4.69) is 4.72 Å². The number of amides is 2. The summed E-state index contributed by atoms with van der Waals surface area (Å²) in [4.78, 5) is 36.1. The summed E-state index contributed by atoms with van der Waals surface area (Å²) in [5, 5.41) is 18.7. The van der Waals surface area contributed by atoms with Gasteiger partial charge >= 0.3 is 12.1 Å². The fourth-order valence-electron chi connectivity index (χ4n) is 4.65. The first-order valence-corrected chi connectivity index (χ1v) is 11.5. The normalized spacial score (nSPS) is 26.5. The van der Waals surface area contributed by atoms with Crippen molar-refractivity contribution >= 4 is 28.0 Å². The first-order chi connectivity index (χ1) is 14.2. The summed E-state index contributed by atoms with van der Waals surface area (Å²) >= 11 is 0. The van der Waals surface area contributed by atoms with Gasteiger partial charge in [-0.1, -0.05) is 24.6 Å². The third-order valence-electron chi connectivity index (χ3n) is 6.19. The van der Waals surface area contributed by atoms with Crippen molar-refractivity contribution in [2.45, 2.75) is 49.5 Å². The molecule has 1 aliphatic carbocycles. The van der Waals surface area contributed by atoms with E-state index >= 15 is 0 Å². The van der Waals surface area contributed by atoms with Gasteiger partial charge in [0.15, 0.2) is 0 Å². The third kappa shape index (κ3) is 5.10. The van der Waals surface area contributed by atoms with E-state index in [4.69, 9.17) is 0 Å². The summed E-state index contributed by atoms with van der Waals surface area (Å²) in [7, 11) is -3.89. The van der Waals surface area contributed by atoms with E-state index in [1.807, 2.05) is 0 Å². The number of likely N-dealkylation sites (tertiary alicyclic amines) is 1. The van der Waals surface area contributed by atoms with Gasteiger partial charge < -0.3 is 10.2 Å². The number of benzene rings is 1. The Morgan fingerprint density at radius 2 is 1.73 bits per heavy atom. The number of nitrogens with zero attached hydrogens (tertiary/aromatic N) is 1. The van der Waals surface area contributed by atoms with Gasteiger partial charge in [0.2, 0.25) is 5.91 Å². The molecule has 30 heavy (non-hydrogen) atoms. The predicted octanol–water partition coefficient (Wildman–Crippen LogP) is 2.14. The van der Waals surface area contributed by atoms with Crippen LogP contribution < -0.4 is 4.72 Å². The maximum absolute atomic E-state index is 12.2. The topological polar surface area (TPSA) is 141 Å². The maximum atomic E-state index is 12.2. The van der Waals surface area contributed by atoms with Crippen LogP contribution in [0.2, 0.25) is 0 Å². The highest BCUT2D eigenvalue weighted by Crippen LogP contribution is 2.42. The third-order valence-corrected chi connectivity index (χ3v) is 7.58. The lowest BCUT2D eigenvalue weighted by molar-refractivity contribution is -0.146. The van der Waals surface area contributed by atoms with Gasteiger partial charge in [0.1, 0.15) is 6.04 Å². The molecule has 0 aromatic heterocycles. The minimum Gasteiger partial charge on any atom is -0.480 e. The molecule has 1 aliphatic heterocycles. The molecule has 1 aromatic rings. The molecule has 0 bridgehead atoms. The number of sulfonamides is 1. The number of rotatable bonds is 6. The molecule has 0 unspecified atom stereocenters. The van der Waals surface area contributed by atoms with Crippen LogP contribution in [0.1, 0.15) is 38.5 Å². The molecule has 1 saturated carbocycles. The molecule has 1 aromatic carbocycles. The van der Waals surface area contributed by atoms with Crippen molar-refractivity contribution in [1.29, 1.82) is 0 Å². The van der Waals surface area contributed by atoms with Crippen molar-refractivity contribution in [1.82, 2.24) is 9.62 Å². The van der Waals surface area contributed by atoms with Gasteiger partial charge in [-0.25, -0.2) is 22.7 Å². The van der Waals surface area contributed by atoms with Crippen molar-refractivity contribution in [2.24, 2.45) is 17.8 Å². The number of carbonyl (C=O) groups excluding carboxylic acids is 1. The second kappa shape index (κ2) is 9.03. The monoisotopic (exact) mass is 438 g/mol. The van der Waals surface area contributed by atoms with Crippen molar-refractivity contribution in [3.05, 3.63) is 30.3 Å². The van der Waals surface area contributed by atoms with Crippen LogP contribution in [0.15, 0.2) is 35.2 Å². The SMILES string of the molecule is O=C(CC[C@H]1CC[C@H]2CN(C(=O)O)[C@H](C(=O)O)C[C@H]2C1)NS(=O)(=O)c1ccccc1.